The molecule has 0 bridgehead atoms. The maximum absolute atomic E-state index is 13.3. The van der Waals surface area contributed by atoms with Crippen molar-refractivity contribution in [1.29, 1.82) is 0 Å². The van der Waals surface area contributed by atoms with E-state index in [1.807, 2.05) is 18.2 Å². The van der Waals surface area contributed by atoms with Crippen LogP contribution in [0.1, 0.15) is 26.3 Å². The van der Waals surface area contributed by atoms with Crippen molar-refractivity contribution in [3.63, 3.8) is 0 Å². The number of amides is 1. The summed E-state index contributed by atoms with van der Waals surface area (Å²) >= 11 is 0. The van der Waals surface area contributed by atoms with E-state index in [9.17, 15) is 9.59 Å². The molecular formula is C20H20N6O2. The summed E-state index contributed by atoms with van der Waals surface area (Å²) in [6, 6.07) is 8.97. The molecule has 1 amide bonds. The van der Waals surface area contributed by atoms with E-state index in [0.29, 0.717) is 65.2 Å². The number of hydrogen-bond acceptors (Lipinski definition) is 7. The zero-order valence-electron chi connectivity index (χ0n) is 15.2. The van der Waals surface area contributed by atoms with Gasteiger partial charge in [0.05, 0.1) is 22.3 Å². The van der Waals surface area contributed by atoms with Gasteiger partial charge in [0.2, 0.25) is 0 Å². The second-order valence-corrected chi connectivity index (χ2v) is 6.43. The van der Waals surface area contributed by atoms with Crippen LogP contribution in [0.15, 0.2) is 36.7 Å². The normalized spacial score (nSPS) is 12.0. The number of nitrogens with zero attached hydrogens (tertiary/aromatic N) is 2. The molecule has 0 spiro atoms. The number of fused-ring (bicyclic) bond motifs is 2. The van der Waals surface area contributed by atoms with E-state index in [2.05, 4.69) is 20.6 Å². The Balaban J connectivity index is 2.04. The van der Waals surface area contributed by atoms with Crippen LogP contribution in [0, 0.1) is 0 Å². The third kappa shape index (κ3) is 2.79. The Labute approximate surface area is 161 Å². The fraction of sp³-hybridized carbons (Fsp3) is 0.200. The average molecular weight is 376 g/mol. The van der Waals surface area contributed by atoms with Gasteiger partial charge in [0, 0.05) is 48.4 Å². The largest absolute Gasteiger partial charge is 0.383 e. The highest BCUT2D eigenvalue weighted by molar-refractivity contribution is 6.29. The van der Waals surface area contributed by atoms with Crippen molar-refractivity contribution in [2.24, 2.45) is 11.5 Å². The van der Waals surface area contributed by atoms with Crippen LogP contribution in [0.2, 0.25) is 0 Å². The molecule has 0 unspecified atom stereocenters. The number of benzene rings is 2. The van der Waals surface area contributed by atoms with Gasteiger partial charge >= 0.3 is 0 Å². The van der Waals surface area contributed by atoms with Gasteiger partial charge in [-0.1, -0.05) is 24.3 Å². The van der Waals surface area contributed by atoms with Crippen LogP contribution >= 0.6 is 0 Å². The van der Waals surface area contributed by atoms with Crippen molar-refractivity contribution in [3.8, 4) is 11.3 Å². The molecule has 3 aromatic rings. The summed E-state index contributed by atoms with van der Waals surface area (Å²) in [5.41, 5.74) is 14.9. The second kappa shape index (κ2) is 7.34. The lowest BCUT2D eigenvalue weighted by atomic mass is 9.84. The van der Waals surface area contributed by atoms with Crippen LogP contribution in [-0.4, -0.2) is 47.8 Å². The van der Waals surface area contributed by atoms with Crippen LogP contribution in [0.4, 0.5) is 5.69 Å². The molecule has 28 heavy (non-hydrogen) atoms. The molecule has 142 valence electrons. The smallest absolute Gasteiger partial charge is 0.253 e. The maximum atomic E-state index is 13.3. The SMILES string of the molecule is NCCNC(=O)c1cc(NCCN)c2c3c(ncnc13)-c1ccccc1C2=O. The van der Waals surface area contributed by atoms with Crippen molar-refractivity contribution in [2.75, 3.05) is 31.5 Å². The first-order valence-electron chi connectivity index (χ1n) is 9.05. The third-order valence-electron chi connectivity index (χ3n) is 4.70. The Morgan fingerprint density at radius 3 is 2.54 bits per heavy atom. The van der Waals surface area contributed by atoms with E-state index in [1.54, 1.807) is 12.1 Å². The van der Waals surface area contributed by atoms with Gasteiger partial charge in [0.15, 0.2) is 5.78 Å². The van der Waals surface area contributed by atoms with Crippen LogP contribution in [-0.2, 0) is 0 Å². The molecule has 1 heterocycles. The average Bonchev–Trinajstić information content (AvgIpc) is 2.73. The summed E-state index contributed by atoms with van der Waals surface area (Å²) in [5.74, 6) is -0.430. The summed E-state index contributed by atoms with van der Waals surface area (Å²) in [7, 11) is 0. The van der Waals surface area contributed by atoms with Crippen LogP contribution < -0.4 is 22.1 Å². The molecule has 1 aliphatic rings. The number of nitrogens with one attached hydrogen (secondary N) is 2. The second-order valence-electron chi connectivity index (χ2n) is 6.43. The molecular weight excluding hydrogens is 356 g/mol. The predicted molar refractivity (Wildman–Crippen MR) is 107 cm³/mol. The molecule has 0 aliphatic heterocycles. The number of carbonyl (C=O) groups is 2. The van der Waals surface area contributed by atoms with Gasteiger partial charge < -0.3 is 22.1 Å². The van der Waals surface area contributed by atoms with E-state index < -0.39 is 0 Å². The van der Waals surface area contributed by atoms with Crippen LogP contribution in [0.3, 0.4) is 0 Å². The fourth-order valence-corrected chi connectivity index (χ4v) is 3.51. The van der Waals surface area contributed by atoms with Gasteiger partial charge in [-0.05, 0) is 6.07 Å². The molecule has 0 radical (unpaired) electrons. The van der Waals surface area contributed by atoms with Gasteiger partial charge in [-0.2, -0.15) is 0 Å². The Bertz CT molecular complexity index is 1100. The minimum absolute atomic E-state index is 0.128. The Hall–Kier alpha value is -3.36. The molecule has 6 N–H and O–H groups in total. The van der Waals surface area contributed by atoms with Crippen molar-refractivity contribution in [3.05, 3.63) is 53.3 Å². The van der Waals surface area contributed by atoms with Crippen molar-refractivity contribution < 1.29 is 9.59 Å². The lowest BCUT2D eigenvalue weighted by Crippen LogP contribution is -2.30. The highest BCUT2D eigenvalue weighted by atomic mass is 16.1. The number of carbonyl (C=O) groups excluding carboxylic acids is 2. The summed E-state index contributed by atoms with van der Waals surface area (Å²) < 4.78 is 0. The summed E-state index contributed by atoms with van der Waals surface area (Å²) in [4.78, 5) is 34.8. The molecule has 2 aromatic carbocycles. The molecule has 8 heteroatoms. The maximum Gasteiger partial charge on any atom is 0.253 e. The summed E-state index contributed by atoms with van der Waals surface area (Å²) in [6.07, 6.45) is 1.42. The van der Waals surface area contributed by atoms with Gasteiger partial charge in [-0.3, -0.25) is 9.59 Å². The number of rotatable bonds is 6. The van der Waals surface area contributed by atoms with E-state index in [-0.39, 0.29) is 11.7 Å². The third-order valence-corrected chi connectivity index (χ3v) is 4.70. The lowest BCUT2D eigenvalue weighted by molar-refractivity contribution is 0.0955. The number of ketones is 1. The van der Waals surface area contributed by atoms with E-state index in [4.69, 9.17) is 11.5 Å². The van der Waals surface area contributed by atoms with Gasteiger partial charge in [-0.25, -0.2) is 9.97 Å². The minimum Gasteiger partial charge on any atom is -0.383 e. The number of anilines is 1. The van der Waals surface area contributed by atoms with Crippen LogP contribution in [0.25, 0.3) is 22.2 Å². The highest BCUT2D eigenvalue weighted by Gasteiger charge is 2.31. The quantitative estimate of drug-likeness (QED) is 0.392. The number of hydrogen-bond donors (Lipinski definition) is 4. The molecule has 1 aromatic heterocycles. The van der Waals surface area contributed by atoms with Crippen molar-refractivity contribution >= 4 is 28.3 Å². The van der Waals surface area contributed by atoms with E-state index in [1.165, 1.54) is 6.33 Å². The topological polar surface area (TPSA) is 136 Å². The predicted octanol–water partition coefficient (Wildman–Crippen LogP) is 0.900. The molecule has 4 rings (SSSR count). The molecule has 0 atom stereocenters. The van der Waals surface area contributed by atoms with E-state index in [0.717, 1.165) is 5.56 Å². The Morgan fingerprint density at radius 1 is 1.04 bits per heavy atom. The van der Waals surface area contributed by atoms with E-state index >= 15 is 0 Å². The Kier molecular flexibility index (Phi) is 4.72. The lowest BCUT2D eigenvalue weighted by Gasteiger charge is -2.22. The summed E-state index contributed by atoms with van der Waals surface area (Å²) in [5, 5.41) is 6.52. The molecule has 8 nitrogen and oxygen atoms in total. The molecule has 1 aliphatic carbocycles. The highest BCUT2D eigenvalue weighted by Crippen LogP contribution is 2.41. The van der Waals surface area contributed by atoms with Crippen molar-refractivity contribution in [1.82, 2.24) is 15.3 Å². The fourth-order valence-electron chi connectivity index (χ4n) is 3.51. The zero-order chi connectivity index (χ0) is 19.7. The first-order chi connectivity index (χ1) is 13.7. The van der Waals surface area contributed by atoms with Gasteiger partial charge in [0.25, 0.3) is 5.91 Å². The molecule has 0 saturated carbocycles. The molecule has 0 fully saturated rings. The Morgan fingerprint density at radius 2 is 1.79 bits per heavy atom. The standard InChI is InChI=1S/C20H20N6O2/c21-5-7-23-14-9-13(20(28)24-8-6-22)18-16-15(14)19(27)12-4-2-1-3-11(12)17(16)25-10-26-18/h1-4,9-10,23H,5-8,21-22H2,(H,24,28). The molecule has 0 saturated heterocycles. The number of nitrogens with two attached hydrogens (primary N) is 2. The zero-order valence-corrected chi connectivity index (χ0v) is 15.2. The first-order valence-corrected chi connectivity index (χ1v) is 9.05. The number of aromatic nitrogens is 2. The van der Waals surface area contributed by atoms with Gasteiger partial charge in [0.1, 0.15) is 6.33 Å². The van der Waals surface area contributed by atoms with Gasteiger partial charge in [-0.15, -0.1) is 0 Å². The van der Waals surface area contributed by atoms with Crippen LogP contribution in [0.5, 0.6) is 0 Å². The monoisotopic (exact) mass is 376 g/mol. The van der Waals surface area contributed by atoms with Crippen molar-refractivity contribution in [2.45, 2.75) is 0 Å². The summed E-state index contributed by atoms with van der Waals surface area (Å²) in [6.45, 7) is 1.51. The minimum atomic E-state index is -0.302. The first kappa shape index (κ1) is 18.0.